The molecule has 25 heavy (non-hydrogen) atoms. The molecule has 1 saturated carbocycles. The SMILES string of the molecule is FC[C@@H]1CN(Cc2c[nH]c3ccccc23)C[C@H]1c1nc(C2CC2)n[nH]1. The van der Waals surface area contributed by atoms with E-state index >= 15 is 0 Å². The molecule has 2 atom stereocenters. The predicted octanol–water partition coefficient (Wildman–Crippen LogP) is 3.35. The van der Waals surface area contributed by atoms with Crippen LogP contribution in [0.5, 0.6) is 0 Å². The maximum atomic E-state index is 13.6. The first-order chi connectivity index (χ1) is 12.3. The van der Waals surface area contributed by atoms with Crippen molar-refractivity contribution in [3.63, 3.8) is 0 Å². The van der Waals surface area contributed by atoms with E-state index in [1.807, 2.05) is 6.07 Å². The van der Waals surface area contributed by atoms with Crippen molar-refractivity contribution in [2.45, 2.75) is 31.2 Å². The van der Waals surface area contributed by atoms with Crippen molar-refractivity contribution in [3.8, 4) is 0 Å². The molecule has 0 amide bonds. The van der Waals surface area contributed by atoms with E-state index in [0.717, 1.165) is 36.8 Å². The number of alkyl halides is 1. The van der Waals surface area contributed by atoms with Gasteiger partial charge in [0.15, 0.2) is 5.82 Å². The zero-order valence-corrected chi connectivity index (χ0v) is 14.1. The van der Waals surface area contributed by atoms with Gasteiger partial charge in [-0.25, -0.2) is 4.98 Å². The number of benzene rings is 1. The molecule has 1 aliphatic heterocycles. The number of aromatic nitrogens is 4. The van der Waals surface area contributed by atoms with Gasteiger partial charge in [0, 0.05) is 54.5 Å². The van der Waals surface area contributed by atoms with Crippen LogP contribution in [-0.4, -0.2) is 44.8 Å². The summed E-state index contributed by atoms with van der Waals surface area (Å²) in [6.45, 7) is 2.11. The highest BCUT2D eigenvalue weighted by molar-refractivity contribution is 5.82. The van der Waals surface area contributed by atoms with Crippen LogP contribution in [0.3, 0.4) is 0 Å². The normalized spacial score (nSPS) is 24.4. The number of halogens is 1. The van der Waals surface area contributed by atoms with E-state index in [0.29, 0.717) is 5.92 Å². The molecule has 2 fully saturated rings. The fraction of sp³-hybridized carbons (Fsp3) is 0.474. The largest absolute Gasteiger partial charge is 0.361 e. The maximum Gasteiger partial charge on any atom is 0.153 e. The Bertz CT molecular complexity index is 881. The average molecular weight is 339 g/mol. The molecule has 0 unspecified atom stereocenters. The van der Waals surface area contributed by atoms with Crippen LogP contribution in [0.4, 0.5) is 4.39 Å². The van der Waals surface area contributed by atoms with Crippen LogP contribution < -0.4 is 0 Å². The Hall–Kier alpha value is -2.21. The van der Waals surface area contributed by atoms with Crippen LogP contribution in [0.25, 0.3) is 10.9 Å². The van der Waals surface area contributed by atoms with E-state index in [2.05, 4.69) is 49.5 Å². The molecule has 0 radical (unpaired) electrons. The lowest BCUT2D eigenvalue weighted by atomic mass is 9.97. The lowest BCUT2D eigenvalue weighted by molar-refractivity contribution is 0.296. The number of H-pyrrole nitrogens is 2. The second kappa shape index (κ2) is 5.95. The van der Waals surface area contributed by atoms with Crippen molar-refractivity contribution >= 4 is 10.9 Å². The van der Waals surface area contributed by atoms with Gasteiger partial charge < -0.3 is 4.98 Å². The molecule has 130 valence electrons. The molecule has 1 saturated heterocycles. The fourth-order valence-electron chi connectivity index (χ4n) is 4.04. The minimum atomic E-state index is -0.311. The molecule has 5 nitrogen and oxygen atoms in total. The van der Waals surface area contributed by atoms with Crippen LogP contribution in [0.15, 0.2) is 30.5 Å². The molecule has 2 aromatic heterocycles. The Balaban J connectivity index is 1.35. The van der Waals surface area contributed by atoms with Crippen LogP contribution in [-0.2, 0) is 6.54 Å². The number of nitrogens with zero attached hydrogens (tertiary/aromatic N) is 3. The molecule has 3 heterocycles. The Kier molecular flexibility index (Phi) is 3.59. The second-order valence-electron chi connectivity index (χ2n) is 7.43. The number of likely N-dealkylation sites (tertiary alicyclic amines) is 1. The molecule has 0 bridgehead atoms. The third-order valence-electron chi connectivity index (χ3n) is 5.60. The zero-order valence-electron chi connectivity index (χ0n) is 14.1. The average Bonchev–Trinajstić information content (AvgIpc) is 3.08. The summed E-state index contributed by atoms with van der Waals surface area (Å²) in [7, 11) is 0. The maximum absolute atomic E-state index is 13.6. The molecular weight excluding hydrogens is 317 g/mol. The number of rotatable bonds is 5. The van der Waals surface area contributed by atoms with Gasteiger partial charge in [0.25, 0.3) is 0 Å². The number of fused-ring (bicyclic) bond motifs is 1. The molecule has 1 aliphatic carbocycles. The third kappa shape index (κ3) is 2.74. The molecule has 2 N–H and O–H groups in total. The van der Waals surface area contributed by atoms with Crippen molar-refractivity contribution in [3.05, 3.63) is 47.7 Å². The van der Waals surface area contributed by atoms with Gasteiger partial charge in [-0.3, -0.25) is 14.4 Å². The Morgan fingerprint density at radius 2 is 2.08 bits per heavy atom. The minimum Gasteiger partial charge on any atom is -0.361 e. The summed E-state index contributed by atoms with van der Waals surface area (Å²) in [4.78, 5) is 10.3. The van der Waals surface area contributed by atoms with Crippen LogP contribution in [0.1, 0.15) is 41.9 Å². The van der Waals surface area contributed by atoms with Gasteiger partial charge in [-0.05, 0) is 24.5 Å². The van der Waals surface area contributed by atoms with Crippen molar-refractivity contribution in [1.82, 2.24) is 25.1 Å². The lowest BCUT2D eigenvalue weighted by Crippen LogP contribution is -2.20. The van der Waals surface area contributed by atoms with Crippen LogP contribution >= 0.6 is 0 Å². The van der Waals surface area contributed by atoms with E-state index in [4.69, 9.17) is 0 Å². The van der Waals surface area contributed by atoms with E-state index in [9.17, 15) is 4.39 Å². The number of hydrogen-bond acceptors (Lipinski definition) is 3. The molecular formula is C19H22FN5. The quantitative estimate of drug-likeness (QED) is 0.749. The first kappa shape index (κ1) is 15.1. The number of para-hydroxylation sites is 1. The monoisotopic (exact) mass is 339 g/mol. The summed E-state index contributed by atoms with van der Waals surface area (Å²) in [6, 6.07) is 8.32. The fourth-order valence-corrected chi connectivity index (χ4v) is 4.04. The summed E-state index contributed by atoms with van der Waals surface area (Å²) < 4.78 is 13.6. The van der Waals surface area contributed by atoms with Crippen LogP contribution in [0, 0.1) is 5.92 Å². The predicted molar refractivity (Wildman–Crippen MR) is 94.1 cm³/mol. The Labute approximate surface area is 145 Å². The lowest BCUT2D eigenvalue weighted by Gasteiger charge is -2.14. The first-order valence-electron chi connectivity index (χ1n) is 9.07. The van der Waals surface area contributed by atoms with E-state index in [1.54, 1.807) is 0 Å². The van der Waals surface area contributed by atoms with Gasteiger partial charge in [-0.15, -0.1) is 0 Å². The van der Waals surface area contributed by atoms with E-state index in [1.165, 1.54) is 23.8 Å². The van der Waals surface area contributed by atoms with Gasteiger partial charge in [0.1, 0.15) is 5.82 Å². The van der Waals surface area contributed by atoms with Crippen LogP contribution in [0.2, 0.25) is 0 Å². The topological polar surface area (TPSA) is 60.6 Å². The summed E-state index contributed by atoms with van der Waals surface area (Å²) in [5.41, 5.74) is 2.42. The van der Waals surface area contributed by atoms with Gasteiger partial charge in [-0.2, -0.15) is 5.10 Å². The Morgan fingerprint density at radius 3 is 2.92 bits per heavy atom. The van der Waals surface area contributed by atoms with Crippen molar-refractivity contribution in [1.29, 1.82) is 0 Å². The number of nitrogens with one attached hydrogen (secondary N) is 2. The zero-order chi connectivity index (χ0) is 16.8. The van der Waals surface area contributed by atoms with Crippen molar-refractivity contribution in [2.75, 3.05) is 19.8 Å². The third-order valence-corrected chi connectivity index (χ3v) is 5.60. The number of aromatic amines is 2. The molecule has 3 aromatic rings. The second-order valence-corrected chi connectivity index (χ2v) is 7.43. The summed E-state index contributed by atoms with van der Waals surface area (Å²) in [5, 5.41) is 8.68. The standard InChI is InChI=1S/C19H22FN5/c20-7-13-9-25(10-14-8-21-17-4-2-1-3-15(14)17)11-16(13)19-22-18(23-24-19)12-5-6-12/h1-4,8,12-13,16,21H,5-7,9-11H2,(H,22,23,24)/t13-,16-/m1/s1. The van der Waals surface area contributed by atoms with Crippen molar-refractivity contribution in [2.24, 2.45) is 5.92 Å². The molecule has 5 rings (SSSR count). The smallest absolute Gasteiger partial charge is 0.153 e. The van der Waals surface area contributed by atoms with E-state index in [-0.39, 0.29) is 18.5 Å². The molecule has 2 aliphatic rings. The summed E-state index contributed by atoms with van der Waals surface area (Å²) in [6.07, 6.45) is 4.43. The van der Waals surface area contributed by atoms with Gasteiger partial charge in [-0.1, -0.05) is 18.2 Å². The molecule has 0 spiro atoms. The summed E-state index contributed by atoms with van der Waals surface area (Å²) >= 11 is 0. The molecule has 6 heteroatoms. The van der Waals surface area contributed by atoms with Gasteiger partial charge in [0.05, 0.1) is 6.67 Å². The summed E-state index contributed by atoms with van der Waals surface area (Å²) in [5.74, 6) is 2.41. The van der Waals surface area contributed by atoms with Gasteiger partial charge in [0.2, 0.25) is 0 Å². The Morgan fingerprint density at radius 1 is 1.20 bits per heavy atom. The first-order valence-corrected chi connectivity index (χ1v) is 9.07. The van der Waals surface area contributed by atoms with Gasteiger partial charge >= 0.3 is 0 Å². The van der Waals surface area contributed by atoms with E-state index < -0.39 is 0 Å². The molecule has 1 aromatic carbocycles. The highest BCUT2D eigenvalue weighted by atomic mass is 19.1. The minimum absolute atomic E-state index is 0.00907. The number of hydrogen-bond donors (Lipinski definition) is 2. The highest BCUT2D eigenvalue weighted by Gasteiger charge is 2.37. The highest BCUT2D eigenvalue weighted by Crippen LogP contribution is 2.39. The van der Waals surface area contributed by atoms with Crippen molar-refractivity contribution < 1.29 is 4.39 Å².